The maximum atomic E-state index is 8.79. The van der Waals surface area contributed by atoms with Crippen LogP contribution in [0.5, 0.6) is 11.5 Å². The number of nitrogens with zero attached hydrogens (tertiary/aromatic N) is 3. The van der Waals surface area contributed by atoms with Crippen molar-refractivity contribution >= 4 is 17.2 Å². The van der Waals surface area contributed by atoms with Gasteiger partial charge in [0.05, 0.1) is 11.6 Å². The van der Waals surface area contributed by atoms with E-state index in [2.05, 4.69) is 15.9 Å². The van der Waals surface area contributed by atoms with Gasteiger partial charge in [0.1, 0.15) is 29.7 Å². The zero-order valence-electron chi connectivity index (χ0n) is 19.4. The first-order chi connectivity index (χ1) is 14.6. The molecular formula is C24H34N4O2S. The molecule has 0 saturated heterocycles. The first-order valence-corrected chi connectivity index (χ1v) is 10.5. The molecule has 2 aromatic rings. The van der Waals surface area contributed by atoms with Gasteiger partial charge in [-0.25, -0.2) is 0 Å². The first-order valence-electron chi connectivity index (χ1n) is 10.1. The van der Waals surface area contributed by atoms with E-state index >= 15 is 0 Å². The van der Waals surface area contributed by atoms with Crippen molar-refractivity contribution in [3.8, 4) is 17.6 Å². The molecule has 31 heavy (non-hydrogen) atoms. The number of nitrogens with two attached hydrogens (primary N) is 1. The quantitative estimate of drug-likeness (QED) is 0.597. The fourth-order valence-corrected chi connectivity index (χ4v) is 2.68. The van der Waals surface area contributed by atoms with Crippen molar-refractivity contribution in [3.05, 3.63) is 58.7 Å². The third-order valence-corrected chi connectivity index (χ3v) is 4.37. The molecule has 0 radical (unpaired) electrons. The van der Waals surface area contributed by atoms with Gasteiger partial charge in [0, 0.05) is 18.7 Å². The first kappa shape index (κ1) is 26.4. The van der Waals surface area contributed by atoms with E-state index in [1.165, 1.54) is 0 Å². The van der Waals surface area contributed by atoms with Gasteiger partial charge in [-0.15, -0.1) is 0 Å². The van der Waals surface area contributed by atoms with Gasteiger partial charge in [-0.2, -0.15) is 5.26 Å². The molecular weight excluding hydrogens is 408 g/mol. The van der Waals surface area contributed by atoms with Crippen molar-refractivity contribution in [1.29, 1.82) is 5.26 Å². The van der Waals surface area contributed by atoms with Crippen LogP contribution in [0.1, 0.15) is 22.3 Å². The average Bonchev–Trinajstić information content (AvgIpc) is 2.67. The van der Waals surface area contributed by atoms with Crippen LogP contribution in [0, 0.1) is 25.2 Å². The number of hydrogen-bond acceptors (Lipinski definition) is 6. The summed E-state index contributed by atoms with van der Waals surface area (Å²) in [5, 5.41) is 8.79. The highest BCUT2D eigenvalue weighted by atomic mass is 32.1. The lowest BCUT2D eigenvalue weighted by Crippen LogP contribution is -2.19. The summed E-state index contributed by atoms with van der Waals surface area (Å²) in [6, 6.07) is 13.5. The van der Waals surface area contributed by atoms with Gasteiger partial charge in [0.2, 0.25) is 0 Å². The molecule has 0 spiro atoms. The number of thiocarbonyl (C=S) groups is 1. The number of rotatable bonds is 9. The second-order valence-electron chi connectivity index (χ2n) is 7.85. The van der Waals surface area contributed by atoms with Crippen LogP contribution >= 0.6 is 12.2 Å². The molecule has 0 heterocycles. The Balaban J connectivity index is 0.000000311. The molecule has 6 nitrogen and oxygen atoms in total. The largest absolute Gasteiger partial charge is 0.492 e. The van der Waals surface area contributed by atoms with Crippen LogP contribution in [0.25, 0.3) is 0 Å². The van der Waals surface area contributed by atoms with E-state index in [0.717, 1.165) is 41.3 Å². The Labute approximate surface area is 192 Å². The topological polar surface area (TPSA) is 74.8 Å². The third-order valence-electron chi connectivity index (χ3n) is 4.13. The molecule has 0 saturated carbocycles. The van der Waals surface area contributed by atoms with Gasteiger partial charge in [0.15, 0.2) is 0 Å². The van der Waals surface area contributed by atoms with E-state index in [1.54, 1.807) is 6.07 Å². The van der Waals surface area contributed by atoms with Crippen LogP contribution in [0.3, 0.4) is 0 Å². The second kappa shape index (κ2) is 13.6. The number of hydrogen-bond donors (Lipinski definition) is 1. The standard InChI is InChI=1S/C12H18N2OS.C12H16N2O/c1-9-6-10(12(13)16)8-11(7-9)15-5-4-14(2)3;1-10-6-11(9-13)8-12(7-10)15-5-4-14(2)3/h6-8H,4-5H2,1-3H3,(H2,13,16);6-8H,4-5H2,1-3H3. The lowest BCUT2D eigenvalue weighted by Gasteiger charge is -2.12. The van der Waals surface area contributed by atoms with Crippen molar-refractivity contribution in [2.75, 3.05) is 54.5 Å². The van der Waals surface area contributed by atoms with Gasteiger partial charge < -0.3 is 25.0 Å². The minimum Gasteiger partial charge on any atom is -0.492 e. The molecule has 0 aromatic heterocycles. The minimum atomic E-state index is 0.404. The van der Waals surface area contributed by atoms with Gasteiger partial charge in [-0.05, 0) is 89.6 Å². The van der Waals surface area contributed by atoms with Crippen molar-refractivity contribution in [3.63, 3.8) is 0 Å². The normalized spacial score (nSPS) is 10.3. The van der Waals surface area contributed by atoms with Gasteiger partial charge in [-0.1, -0.05) is 12.2 Å². The van der Waals surface area contributed by atoms with Crippen molar-refractivity contribution in [2.45, 2.75) is 13.8 Å². The van der Waals surface area contributed by atoms with E-state index in [1.807, 2.05) is 72.4 Å². The molecule has 168 valence electrons. The highest BCUT2D eigenvalue weighted by molar-refractivity contribution is 7.80. The van der Waals surface area contributed by atoms with Crippen LogP contribution in [0.2, 0.25) is 0 Å². The summed E-state index contributed by atoms with van der Waals surface area (Å²) in [7, 11) is 8.03. The Bertz CT molecular complexity index is 892. The number of aryl methyl sites for hydroxylation is 2. The molecule has 0 atom stereocenters. The van der Waals surface area contributed by atoms with Crippen molar-refractivity contribution in [1.82, 2.24) is 9.80 Å². The number of benzene rings is 2. The predicted octanol–water partition coefficient (Wildman–Crippen LogP) is 3.38. The Kier molecular flexibility index (Phi) is 11.6. The molecule has 0 bridgehead atoms. The maximum Gasteiger partial charge on any atom is 0.120 e. The summed E-state index contributed by atoms with van der Waals surface area (Å²) in [5.41, 5.74) is 9.25. The molecule has 2 N–H and O–H groups in total. The SMILES string of the molecule is Cc1cc(C#N)cc(OCCN(C)C)c1.Cc1cc(OCCN(C)C)cc(C(N)=S)c1. The van der Waals surface area contributed by atoms with Gasteiger partial charge in [0.25, 0.3) is 0 Å². The zero-order valence-corrected chi connectivity index (χ0v) is 20.3. The summed E-state index contributed by atoms with van der Waals surface area (Å²) >= 11 is 4.95. The molecule has 2 aromatic carbocycles. The van der Waals surface area contributed by atoms with Crippen LogP contribution in [0.4, 0.5) is 0 Å². The molecule has 2 rings (SSSR count). The average molecular weight is 443 g/mol. The van der Waals surface area contributed by atoms with Gasteiger partial charge in [-0.3, -0.25) is 0 Å². The number of likely N-dealkylation sites (N-methyl/N-ethyl adjacent to an activating group) is 2. The van der Waals surface area contributed by atoms with E-state index in [-0.39, 0.29) is 0 Å². The summed E-state index contributed by atoms with van der Waals surface area (Å²) in [6.07, 6.45) is 0. The molecule has 0 fully saturated rings. The van der Waals surface area contributed by atoms with Crippen LogP contribution in [0.15, 0.2) is 36.4 Å². The fourth-order valence-electron chi connectivity index (χ4n) is 2.56. The van der Waals surface area contributed by atoms with Crippen molar-refractivity contribution < 1.29 is 9.47 Å². The van der Waals surface area contributed by atoms with E-state index in [9.17, 15) is 0 Å². The third kappa shape index (κ3) is 11.3. The highest BCUT2D eigenvalue weighted by Gasteiger charge is 2.02. The minimum absolute atomic E-state index is 0.404. The van der Waals surface area contributed by atoms with Gasteiger partial charge >= 0.3 is 0 Å². The smallest absolute Gasteiger partial charge is 0.120 e. The summed E-state index contributed by atoms with van der Waals surface area (Å²) in [6.45, 7) is 7.01. The van der Waals surface area contributed by atoms with Crippen molar-refractivity contribution in [2.24, 2.45) is 5.73 Å². The highest BCUT2D eigenvalue weighted by Crippen LogP contribution is 2.17. The van der Waals surface area contributed by atoms with Crippen LogP contribution in [-0.2, 0) is 0 Å². The summed E-state index contributed by atoms with van der Waals surface area (Å²) in [5.74, 6) is 1.60. The Morgan fingerprint density at radius 2 is 1.35 bits per heavy atom. The van der Waals surface area contributed by atoms with Crippen LogP contribution < -0.4 is 15.2 Å². The second-order valence-corrected chi connectivity index (χ2v) is 8.29. The molecule has 0 unspecified atom stereocenters. The molecule has 0 aliphatic heterocycles. The Hall–Kier alpha value is -2.66. The number of ether oxygens (including phenoxy) is 2. The van der Waals surface area contributed by atoms with Crippen LogP contribution in [-0.4, -0.2) is 69.3 Å². The molecule has 0 aliphatic rings. The number of nitriles is 1. The van der Waals surface area contributed by atoms with E-state index < -0.39 is 0 Å². The summed E-state index contributed by atoms with van der Waals surface area (Å²) in [4.78, 5) is 4.53. The summed E-state index contributed by atoms with van der Waals surface area (Å²) < 4.78 is 11.2. The predicted molar refractivity (Wildman–Crippen MR) is 131 cm³/mol. The molecule has 7 heteroatoms. The monoisotopic (exact) mass is 442 g/mol. The van der Waals surface area contributed by atoms with E-state index in [4.69, 9.17) is 32.7 Å². The molecule has 0 aliphatic carbocycles. The zero-order chi connectivity index (χ0) is 23.4. The maximum absolute atomic E-state index is 8.79. The van der Waals surface area contributed by atoms with E-state index in [0.29, 0.717) is 23.8 Å². The lowest BCUT2D eigenvalue weighted by atomic mass is 10.1. The molecule has 0 amide bonds. The Morgan fingerprint density at radius 1 is 0.871 bits per heavy atom. The Morgan fingerprint density at radius 3 is 1.81 bits per heavy atom. The lowest BCUT2D eigenvalue weighted by molar-refractivity contribution is 0.261. The fraction of sp³-hybridized carbons (Fsp3) is 0.417.